The van der Waals surface area contributed by atoms with Crippen molar-refractivity contribution < 1.29 is 9.53 Å². The zero-order chi connectivity index (χ0) is 12.5. The maximum absolute atomic E-state index is 11.6. The first-order valence-corrected chi connectivity index (χ1v) is 6.87. The molecule has 0 spiro atoms. The van der Waals surface area contributed by atoms with E-state index in [2.05, 4.69) is 19.1 Å². The van der Waals surface area contributed by atoms with Crippen LogP contribution in [0.5, 0.6) is 5.75 Å². The Morgan fingerprint density at radius 1 is 1.41 bits per heavy atom. The van der Waals surface area contributed by atoms with Crippen molar-refractivity contribution in [3.8, 4) is 5.75 Å². The van der Waals surface area contributed by atoms with Crippen LogP contribution in [-0.4, -0.2) is 18.6 Å². The molecular formula is C14H18O2S. The van der Waals surface area contributed by atoms with Crippen molar-refractivity contribution in [2.75, 3.05) is 12.9 Å². The first-order valence-electron chi connectivity index (χ1n) is 5.82. The van der Waals surface area contributed by atoms with Gasteiger partial charge < -0.3 is 4.74 Å². The van der Waals surface area contributed by atoms with E-state index in [-0.39, 0.29) is 5.41 Å². The lowest BCUT2D eigenvalue weighted by Crippen LogP contribution is -2.24. The van der Waals surface area contributed by atoms with Gasteiger partial charge in [-0.15, -0.1) is 0 Å². The predicted molar refractivity (Wildman–Crippen MR) is 71.6 cm³/mol. The van der Waals surface area contributed by atoms with E-state index in [0.717, 1.165) is 17.9 Å². The number of ether oxygens (including phenoxy) is 1. The minimum absolute atomic E-state index is 0.144. The average Bonchev–Trinajstić information content (AvgIpc) is 2.74. The molecule has 92 valence electrons. The molecule has 0 N–H and O–H groups in total. The zero-order valence-corrected chi connectivity index (χ0v) is 11.3. The number of carbonyl (C=O) groups excluding carboxylic acids is 1. The first-order chi connectivity index (χ1) is 8.05. The van der Waals surface area contributed by atoms with E-state index in [9.17, 15) is 4.79 Å². The summed E-state index contributed by atoms with van der Waals surface area (Å²) in [6, 6.07) is 8.17. The number of benzene rings is 1. The third-order valence-corrected chi connectivity index (χ3v) is 5.22. The van der Waals surface area contributed by atoms with Gasteiger partial charge in [-0.1, -0.05) is 19.1 Å². The van der Waals surface area contributed by atoms with Gasteiger partial charge in [0, 0.05) is 16.4 Å². The first kappa shape index (κ1) is 12.5. The minimum atomic E-state index is -0.144. The SMILES string of the molecule is COc1ccc([C@@H]2C[C@](C)(C(C)=O)CS2)cc1. The third-order valence-electron chi connectivity index (χ3n) is 3.58. The van der Waals surface area contributed by atoms with Crippen LogP contribution < -0.4 is 4.74 Å². The highest BCUT2D eigenvalue weighted by Gasteiger charge is 2.39. The monoisotopic (exact) mass is 250 g/mol. The molecule has 1 fully saturated rings. The Kier molecular flexibility index (Phi) is 3.48. The Balaban J connectivity index is 2.12. The number of hydrogen-bond donors (Lipinski definition) is 0. The van der Waals surface area contributed by atoms with Crippen LogP contribution in [0.3, 0.4) is 0 Å². The van der Waals surface area contributed by atoms with Gasteiger partial charge in [0.1, 0.15) is 11.5 Å². The van der Waals surface area contributed by atoms with Crippen LogP contribution >= 0.6 is 11.8 Å². The molecule has 1 saturated heterocycles. The summed E-state index contributed by atoms with van der Waals surface area (Å²) in [7, 11) is 1.67. The number of Topliss-reactive ketones (excluding diaryl/α,β-unsaturated/α-hetero) is 1. The van der Waals surface area contributed by atoms with E-state index in [0.29, 0.717) is 11.0 Å². The Labute approximate surface area is 107 Å². The molecule has 17 heavy (non-hydrogen) atoms. The number of methoxy groups -OCH3 is 1. The fourth-order valence-electron chi connectivity index (χ4n) is 2.09. The second-order valence-corrected chi connectivity index (χ2v) is 6.08. The van der Waals surface area contributed by atoms with Crippen LogP contribution in [0.25, 0.3) is 0 Å². The van der Waals surface area contributed by atoms with Crippen molar-refractivity contribution in [3.63, 3.8) is 0 Å². The molecule has 0 bridgehead atoms. The van der Waals surface area contributed by atoms with Gasteiger partial charge in [0.15, 0.2) is 0 Å². The van der Waals surface area contributed by atoms with Gasteiger partial charge in [-0.25, -0.2) is 0 Å². The van der Waals surface area contributed by atoms with E-state index in [1.807, 2.05) is 23.9 Å². The van der Waals surface area contributed by atoms with Gasteiger partial charge in [-0.2, -0.15) is 11.8 Å². The maximum Gasteiger partial charge on any atom is 0.136 e. The molecule has 1 aliphatic heterocycles. The molecule has 0 aromatic heterocycles. The van der Waals surface area contributed by atoms with Gasteiger partial charge >= 0.3 is 0 Å². The van der Waals surface area contributed by atoms with Crippen LogP contribution in [0.2, 0.25) is 0 Å². The lowest BCUT2D eigenvalue weighted by Gasteiger charge is -2.19. The fourth-order valence-corrected chi connectivity index (χ4v) is 3.81. The normalized spacial score (nSPS) is 28.1. The Morgan fingerprint density at radius 3 is 2.53 bits per heavy atom. The number of ketones is 1. The smallest absolute Gasteiger partial charge is 0.136 e. The molecule has 1 aromatic carbocycles. The predicted octanol–water partition coefficient (Wildman–Crippen LogP) is 3.47. The van der Waals surface area contributed by atoms with Crippen molar-refractivity contribution in [2.45, 2.75) is 25.5 Å². The molecule has 2 nitrogen and oxygen atoms in total. The highest BCUT2D eigenvalue weighted by atomic mass is 32.2. The Bertz CT molecular complexity index is 413. The van der Waals surface area contributed by atoms with Gasteiger partial charge in [0.05, 0.1) is 7.11 Å². The molecule has 0 aliphatic carbocycles. The summed E-state index contributed by atoms with van der Waals surface area (Å²) in [5, 5.41) is 0.440. The second-order valence-electron chi connectivity index (χ2n) is 4.89. The highest BCUT2D eigenvalue weighted by Crippen LogP contribution is 2.50. The summed E-state index contributed by atoms with van der Waals surface area (Å²) < 4.78 is 5.15. The molecule has 0 unspecified atom stereocenters. The van der Waals surface area contributed by atoms with Crippen LogP contribution in [0.1, 0.15) is 31.1 Å². The molecule has 3 heteroatoms. The van der Waals surface area contributed by atoms with Crippen molar-refractivity contribution >= 4 is 17.5 Å². The lowest BCUT2D eigenvalue weighted by atomic mass is 9.83. The largest absolute Gasteiger partial charge is 0.497 e. The van der Waals surface area contributed by atoms with Crippen LogP contribution in [0.4, 0.5) is 0 Å². The van der Waals surface area contributed by atoms with Crippen LogP contribution in [0, 0.1) is 5.41 Å². The van der Waals surface area contributed by atoms with E-state index in [1.54, 1.807) is 14.0 Å². The summed E-state index contributed by atoms with van der Waals surface area (Å²) in [6.07, 6.45) is 0.944. The number of carbonyl (C=O) groups is 1. The second kappa shape index (κ2) is 4.73. The third kappa shape index (κ3) is 2.49. The molecule has 2 atom stereocenters. The molecule has 1 heterocycles. The summed E-state index contributed by atoms with van der Waals surface area (Å²) in [5.74, 6) is 2.12. The number of hydrogen-bond acceptors (Lipinski definition) is 3. The van der Waals surface area contributed by atoms with Gasteiger partial charge in [-0.3, -0.25) is 4.79 Å². The Hall–Kier alpha value is -0.960. The van der Waals surface area contributed by atoms with Crippen LogP contribution in [-0.2, 0) is 4.79 Å². The topological polar surface area (TPSA) is 26.3 Å². The summed E-state index contributed by atoms with van der Waals surface area (Å²) in [5.41, 5.74) is 1.15. The summed E-state index contributed by atoms with van der Waals surface area (Å²) in [6.45, 7) is 3.78. The van der Waals surface area contributed by atoms with Crippen molar-refractivity contribution in [3.05, 3.63) is 29.8 Å². The van der Waals surface area contributed by atoms with Crippen LogP contribution in [0.15, 0.2) is 24.3 Å². The fraction of sp³-hybridized carbons (Fsp3) is 0.500. The lowest BCUT2D eigenvalue weighted by molar-refractivity contribution is -0.124. The highest BCUT2D eigenvalue weighted by molar-refractivity contribution is 7.99. The number of rotatable bonds is 3. The molecule has 1 aliphatic rings. The van der Waals surface area contributed by atoms with E-state index in [1.165, 1.54) is 5.56 Å². The van der Waals surface area contributed by atoms with Gasteiger partial charge in [0.2, 0.25) is 0 Å². The van der Waals surface area contributed by atoms with E-state index in [4.69, 9.17) is 4.74 Å². The molecule has 1 aromatic rings. The van der Waals surface area contributed by atoms with Gasteiger partial charge in [-0.05, 0) is 31.0 Å². The summed E-state index contributed by atoms with van der Waals surface area (Å²) in [4.78, 5) is 11.6. The van der Waals surface area contributed by atoms with Crippen molar-refractivity contribution in [1.29, 1.82) is 0 Å². The molecule has 0 amide bonds. The summed E-state index contributed by atoms with van der Waals surface area (Å²) >= 11 is 1.88. The standard InChI is InChI=1S/C14H18O2S/c1-10(15)14(2)8-13(17-9-14)11-4-6-12(16-3)7-5-11/h4-7,13H,8-9H2,1-3H3/t13-,14-/m0/s1. The van der Waals surface area contributed by atoms with E-state index >= 15 is 0 Å². The molecular weight excluding hydrogens is 232 g/mol. The quantitative estimate of drug-likeness (QED) is 0.821. The van der Waals surface area contributed by atoms with Crippen molar-refractivity contribution in [2.24, 2.45) is 5.41 Å². The number of thioether (sulfide) groups is 1. The maximum atomic E-state index is 11.6. The van der Waals surface area contributed by atoms with Gasteiger partial charge in [0.25, 0.3) is 0 Å². The minimum Gasteiger partial charge on any atom is -0.497 e. The molecule has 0 radical (unpaired) electrons. The van der Waals surface area contributed by atoms with Crippen molar-refractivity contribution in [1.82, 2.24) is 0 Å². The Morgan fingerprint density at radius 2 is 2.06 bits per heavy atom. The zero-order valence-electron chi connectivity index (χ0n) is 10.5. The average molecular weight is 250 g/mol. The molecule has 2 rings (SSSR count). The molecule has 0 saturated carbocycles. The van der Waals surface area contributed by atoms with E-state index < -0.39 is 0 Å².